The molecule has 3 aliphatic rings. The highest BCUT2D eigenvalue weighted by molar-refractivity contribution is 6.77. The van der Waals surface area contributed by atoms with Gasteiger partial charge in [0.1, 0.15) is 11.5 Å². The van der Waals surface area contributed by atoms with Crippen LogP contribution in [0.5, 0.6) is 11.5 Å². The number of rotatable bonds is 4. The molecule has 0 saturated carbocycles. The molecule has 0 heterocycles. The summed E-state index contributed by atoms with van der Waals surface area (Å²) < 4.78 is 11.2. The molecule has 0 fully saturated rings. The maximum Gasteiger partial charge on any atom is 0.308 e. The Morgan fingerprint density at radius 2 is 1.50 bits per heavy atom. The highest BCUT2D eigenvalue weighted by Gasteiger charge is 2.54. The van der Waals surface area contributed by atoms with Crippen molar-refractivity contribution >= 4 is 37.4 Å². The van der Waals surface area contributed by atoms with E-state index in [4.69, 9.17) is 9.47 Å². The molecule has 0 saturated heterocycles. The van der Waals surface area contributed by atoms with E-state index in [0.29, 0.717) is 5.56 Å². The van der Waals surface area contributed by atoms with Crippen LogP contribution in [0.1, 0.15) is 64.6 Å². The number of allylic oxidation sites excluding steroid dienone is 4. The molecule has 0 aliphatic heterocycles. The van der Waals surface area contributed by atoms with Crippen molar-refractivity contribution in [1.82, 2.24) is 0 Å². The minimum absolute atomic E-state index is 0.118. The summed E-state index contributed by atoms with van der Waals surface area (Å²) in [6.45, 7) is 9.83. The van der Waals surface area contributed by atoms with E-state index < -0.39 is 54.6 Å². The van der Waals surface area contributed by atoms with E-state index in [0.717, 1.165) is 0 Å². The van der Waals surface area contributed by atoms with E-state index in [-0.39, 0.29) is 46.8 Å². The van der Waals surface area contributed by atoms with Crippen LogP contribution in [-0.2, 0) is 25.5 Å². The topological polar surface area (TPSA) is 124 Å². The molecular formula is C27H30O8Si. The van der Waals surface area contributed by atoms with Crippen LogP contribution in [0, 0.1) is 11.8 Å². The van der Waals surface area contributed by atoms with Crippen molar-refractivity contribution in [2.24, 2.45) is 11.8 Å². The number of carbonyl (C=O) groups excluding carboxylic acids is 5. The third kappa shape index (κ3) is 3.95. The molecule has 0 spiro atoms. The van der Waals surface area contributed by atoms with Gasteiger partial charge in [-0.3, -0.25) is 24.0 Å². The second-order valence-electron chi connectivity index (χ2n) is 10.9. The van der Waals surface area contributed by atoms with Crippen molar-refractivity contribution in [2.75, 3.05) is 0 Å². The number of ketones is 3. The molecule has 0 radical (unpaired) electrons. The lowest BCUT2D eigenvalue weighted by Crippen LogP contribution is -2.52. The van der Waals surface area contributed by atoms with Crippen LogP contribution < -0.4 is 4.74 Å². The normalized spacial score (nSPS) is 26.6. The van der Waals surface area contributed by atoms with Gasteiger partial charge in [-0.1, -0.05) is 43.9 Å². The number of carbonyl (C=O) groups is 5. The molecule has 0 amide bonds. The number of hydrogen-bond acceptors (Lipinski definition) is 8. The Morgan fingerprint density at radius 3 is 1.97 bits per heavy atom. The van der Waals surface area contributed by atoms with Crippen molar-refractivity contribution in [3.8, 4) is 11.5 Å². The second kappa shape index (κ2) is 8.65. The third-order valence-corrected chi connectivity index (χ3v) is 10.0. The predicted octanol–water partition coefficient (Wildman–Crippen LogP) is 3.85. The maximum absolute atomic E-state index is 13.7. The van der Waals surface area contributed by atoms with Crippen LogP contribution in [0.2, 0.25) is 19.6 Å². The van der Waals surface area contributed by atoms with E-state index in [1.54, 1.807) is 24.3 Å². The SMILES string of the molecule is CC(=O)Oc1c2c(c(O)c3c1C(=O)C1C=CC=CC1C3=O)C([Si](C)(C)C)CC(OC(C)=O)(C(C)=O)C2. The molecule has 0 bridgehead atoms. The molecule has 190 valence electrons. The lowest BCUT2D eigenvalue weighted by atomic mass is 9.68. The highest BCUT2D eigenvalue weighted by Crippen LogP contribution is 2.55. The van der Waals surface area contributed by atoms with Gasteiger partial charge in [-0.25, -0.2) is 0 Å². The molecule has 1 aromatic rings. The number of phenolic OH excluding ortho intramolecular Hbond substituents is 1. The highest BCUT2D eigenvalue weighted by atomic mass is 28.3. The van der Waals surface area contributed by atoms with Gasteiger partial charge in [-0.05, 0) is 18.9 Å². The fourth-order valence-corrected chi connectivity index (χ4v) is 7.85. The van der Waals surface area contributed by atoms with Gasteiger partial charge >= 0.3 is 11.9 Å². The summed E-state index contributed by atoms with van der Waals surface area (Å²) in [6, 6.07) is 0. The Kier molecular flexibility index (Phi) is 6.19. The number of hydrogen-bond donors (Lipinski definition) is 1. The molecule has 36 heavy (non-hydrogen) atoms. The number of Topliss-reactive ketones (excluding diaryl/α,β-unsaturated/α-hetero) is 3. The summed E-state index contributed by atoms with van der Waals surface area (Å²) in [5.74, 6) is -4.66. The number of ether oxygens (including phenoxy) is 2. The predicted molar refractivity (Wildman–Crippen MR) is 133 cm³/mol. The van der Waals surface area contributed by atoms with Gasteiger partial charge in [0, 0.05) is 31.4 Å². The average molecular weight is 511 g/mol. The Hall–Kier alpha value is -3.33. The minimum Gasteiger partial charge on any atom is -0.507 e. The van der Waals surface area contributed by atoms with E-state index in [9.17, 15) is 29.1 Å². The van der Waals surface area contributed by atoms with Gasteiger partial charge in [-0.2, -0.15) is 0 Å². The van der Waals surface area contributed by atoms with Crippen molar-refractivity contribution < 1.29 is 38.6 Å². The molecule has 9 heteroatoms. The molecule has 1 N–H and O–H groups in total. The smallest absolute Gasteiger partial charge is 0.308 e. The number of fused-ring (bicyclic) bond motifs is 3. The fraction of sp³-hybridized carbons (Fsp3) is 0.444. The fourth-order valence-electron chi connectivity index (χ4n) is 5.73. The van der Waals surface area contributed by atoms with Crippen LogP contribution in [0.4, 0.5) is 0 Å². The van der Waals surface area contributed by atoms with E-state index in [1.807, 2.05) is 19.6 Å². The lowest BCUT2D eigenvalue weighted by molar-refractivity contribution is -0.166. The first kappa shape index (κ1) is 25.8. The summed E-state index contributed by atoms with van der Waals surface area (Å²) in [7, 11) is -2.27. The Balaban J connectivity index is 2.12. The minimum atomic E-state index is -2.27. The van der Waals surface area contributed by atoms with Gasteiger partial charge in [0.05, 0.1) is 31.0 Å². The van der Waals surface area contributed by atoms with Gasteiger partial charge in [0.25, 0.3) is 0 Å². The molecule has 1 aromatic carbocycles. The van der Waals surface area contributed by atoms with E-state index in [2.05, 4.69) is 0 Å². The van der Waals surface area contributed by atoms with Gasteiger partial charge in [0.2, 0.25) is 0 Å². The zero-order valence-corrected chi connectivity index (χ0v) is 22.3. The first-order valence-corrected chi connectivity index (χ1v) is 15.5. The molecule has 8 nitrogen and oxygen atoms in total. The summed E-state index contributed by atoms with van der Waals surface area (Å²) in [6.07, 6.45) is 6.54. The first-order valence-electron chi connectivity index (χ1n) is 11.9. The average Bonchev–Trinajstić information content (AvgIpc) is 2.77. The van der Waals surface area contributed by atoms with Crippen LogP contribution in [0.25, 0.3) is 0 Å². The summed E-state index contributed by atoms with van der Waals surface area (Å²) >= 11 is 0. The molecule has 3 aliphatic carbocycles. The first-order chi connectivity index (χ1) is 16.7. The quantitative estimate of drug-likeness (QED) is 0.368. The van der Waals surface area contributed by atoms with Crippen LogP contribution >= 0.6 is 0 Å². The molecule has 0 aromatic heterocycles. The zero-order chi connectivity index (χ0) is 26.7. The van der Waals surface area contributed by atoms with Crippen molar-refractivity contribution in [3.63, 3.8) is 0 Å². The van der Waals surface area contributed by atoms with Gasteiger partial charge in [0.15, 0.2) is 23.0 Å². The summed E-state index contributed by atoms with van der Waals surface area (Å²) in [5, 5.41) is 11.6. The van der Waals surface area contributed by atoms with Crippen molar-refractivity contribution in [1.29, 1.82) is 0 Å². The second-order valence-corrected chi connectivity index (χ2v) is 16.3. The number of phenols is 1. The molecule has 4 atom stereocenters. The standard InChI is InChI=1S/C27H30O8Si/c1-13(28)27(35-15(3)30)11-18-20(19(12-27)36(4,5)6)25(33)21-22(26(18)34-14(2)29)24(32)17-10-8-7-9-16(17)23(21)31/h7-10,16-17,19,33H,11-12H2,1-6H3. The van der Waals surface area contributed by atoms with Gasteiger partial charge < -0.3 is 14.6 Å². The Bertz CT molecular complexity index is 1280. The lowest BCUT2D eigenvalue weighted by Gasteiger charge is -2.45. The largest absolute Gasteiger partial charge is 0.507 e. The van der Waals surface area contributed by atoms with Crippen LogP contribution in [-0.4, -0.2) is 48.1 Å². The monoisotopic (exact) mass is 510 g/mol. The number of benzene rings is 1. The van der Waals surface area contributed by atoms with Gasteiger partial charge in [-0.15, -0.1) is 0 Å². The third-order valence-electron chi connectivity index (χ3n) is 7.42. The Labute approximate surface area is 210 Å². The number of aromatic hydroxyl groups is 1. The maximum atomic E-state index is 13.7. The van der Waals surface area contributed by atoms with Crippen LogP contribution in [0.15, 0.2) is 24.3 Å². The molecule has 4 unspecified atom stereocenters. The van der Waals surface area contributed by atoms with E-state index in [1.165, 1.54) is 20.8 Å². The molecule has 4 rings (SSSR count). The van der Waals surface area contributed by atoms with E-state index >= 15 is 0 Å². The molecular weight excluding hydrogens is 480 g/mol. The van der Waals surface area contributed by atoms with Crippen molar-refractivity contribution in [2.45, 2.75) is 64.4 Å². The summed E-state index contributed by atoms with van der Waals surface area (Å²) in [5.41, 5.74) is -1.66. The van der Waals surface area contributed by atoms with Crippen molar-refractivity contribution in [3.05, 3.63) is 46.6 Å². The van der Waals surface area contributed by atoms with Crippen LogP contribution in [0.3, 0.4) is 0 Å². The zero-order valence-electron chi connectivity index (χ0n) is 21.3. The summed E-state index contributed by atoms with van der Waals surface area (Å²) in [4.78, 5) is 64.7. The Morgan fingerprint density at radius 1 is 0.944 bits per heavy atom. The number of esters is 2.